The van der Waals surface area contributed by atoms with Crippen molar-refractivity contribution in [3.05, 3.63) is 12.2 Å². The maximum absolute atomic E-state index is 13.1. The predicted octanol–water partition coefficient (Wildman–Crippen LogP) is 2.95. The fraction of sp³-hybridized carbons (Fsp3) is 0.818. The Kier molecular flexibility index (Phi) is 1.38. The van der Waals surface area contributed by atoms with Gasteiger partial charge in [-0.2, -0.15) is 0 Å². The van der Waals surface area contributed by atoms with Gasteiger partial charge >= 0.3 is 0 Å². The highest BCUT2D eigenvalue weighted by atomic mass is 19.1. The lowest BCUT2D eigenvalue weighted by Crippen LogP contribution is -2.28. The van der Waals surface area contributed by atoms with Crippen molar-refractivity contribution >= 4 is 0 Å². The molecular weight excluding hydrogens is 151 g/mol. The van der Waals surface area contributed by atoms with Crippen molar-refractivity contribution in [1.82, 2.24) is 0 Å². The van der Waals surface area contributed by atoms with Gasteiger partial charge in [0.05, 0.1) is 0 Å². The first-order chi connectivity index (χ1) is 5.84. The fourth-order valence-electron chi connectivity index (χ4n) is 3.59. The van der Waals surface area contributed by atoms with Crippen LogP contribution in [0.25, 0.3) is 0 Å². The topological polar surface area (TPSA) is 0 Å². The zero-order chi connectivity index (χ0) is 8.13. The molecule has 3 aliphatic carbocycles. The average Bonchev–Trinajstić information content (AvgIpc) is 2.63. The van der Waals surface area contributed by atoms with Crippen LogP contribution in [0.4, 0.5) is 4.39 Å². The Morgan fingerprint density at radius 1 is 0.917 bits per heavy atom. The Morgan fingerprint density at radius 2 is 1.67 bits per heavy atom. The maximum atomic E-state index is 13.1. The molecule has 66 valence electrons. The van der Waals surface area contributed by atoms with Crippen LogP contribution in [0.2, 0.25) is 0 Å². The lowest BCUT2D eigenvalue weighted by molar-refractivity contribution is 0.132. The van der Waals surface area contributed by atoms with E-state index in [2.05, 4.69) is 12.2 Å². The molecule has 5 atom stereocenters. The van der Waals surface area contributed by atoms with Gasteiger partial charge in [-0.3, -0.25) is 0 Å². The van der Waals surface area contributed by atoms with E-state index in [0.717, 1.165) is 37.0 Å². The highest BCUT2D eigenvalue weighted by Crippen LogP contribution is 2.54. The van der Waals surface area contributed by atoms with Crippen molar-refractivity contribution in [3.63, 3.8) is 0 Å². The Bertz CT molecular complexity index is 221. The highest BCUT2D eigenvalue weighted by Gasteiger charge is 2.46. The van der Waals surface area contributed by atoms with Crippen molar-refractivity contribution < 1.29 is 4.39 Å². The Balaban J connectivity index is 1.85. The molecule has 0 radical (unpaired) electrons. The van der Waals surface area contributed by atoms with Crippen LogP contribution < -0.4 is 0 Å². The minimum Gasteiger partial charge on any atom is -0.247 e. The minimum absolute atomic E-state index is 0.487. The van der Waals surface area contributed by atoms with Crippen molar-refractivity contribution in [2.24, 2.45) is 23.7 Å². The minimum atomic E-state index is -0.487. The van der Waals surface area contributed by atoms with E-state index in [0.29, 0.717) is 5.92 Å². The summed E-state index contributed by atoms with van der Waals surface area (Å²) in [5.74, 6) is 3.14. The van der Waals surface area contributed by atoms with E-state index in [1.165, 1.54) is 6.42 Å². The van der Waals surface area contributed by atoms with Gasteiger partial charge in [0.1, 0.15) is 6.17 Å². The molecule has 0 N–H and O–H groups in total. The monoisotopic (exact) mass is 166 g/mol. The second kappa shape index (κ2) is 2.34. The predicted molar refractivity (Wildman–Crippen MR) is 46.5 cm³/mol. The van der Waals surface area contributed by atoms with Crippen molar-refractivity contribution in [2.45, 2.75) is 31.9 Å². The van der Waals surface area contributed by atoms with Gasteiger partial charge in [-0.05, 0) is 49.4 Å². The Labute approximate surface area is 72.8 Å². The largest absolute Gasteiger partial charge is 0.247 e. The van der Waals surface area contributed by atoms with Crippen LogP contribution in [0.3, 0.4) is 0 Å². The van der Waals surface area contributed by atoms with Gasteiger partial charge in [-0.25, -0.2) is 4.39 Å². The lowest BCUT2D eigenvalue weighted by atomic mass is 9.73. The van der Waals surface area contributed by atoms with E-state index in [-0.39, 0.29) is 0 Å². The molecule has 0 aromatic carbocycles. The highest BCUT2D eigenvalue weighted by molar-refractivity contribution is 5.14. The number of rotatable bonds is 0. The molecule has 1 heteroatoms. The van der Waals surface area contributed by atoms with Gasteiger partial charge < -0.3 is 0 Å². The molecule has 0 saturated heterocycles. The number of hydrogen-bond acceptors (Lipinski definition) is 0. The quantitative estimate of drug-likeness (QED) is 0.485. The van der Waals surface area contributed by atoms with Crippen LogP contribution in [0, 0.1) is 23.7 Å². The third-order valence-electron chi connectivity index (χ3n) is 4.14. The zero-order valence-electron chi connectivity index (χ0n) is 7.25. The summed E-state index contributed by atoms with van der Waals surface area (Å²) >= 11 is 0. The van der Waals surface area contributed by atoms with Crippen molar-refractivity contribution in [3.8, 4) is 0 Å². The summed E-state index contributed by atoms with van der Waals surface area (Å²) in [5, 5.41) is 0. The lowest BCUT2D eigenvalue weighted by Gasteiger charge is -2.33. The van der Waals surface area contributed by atoms with Gasteiger partial charge in [0.15, 0.2) is 0 Å². The van der Waals surface area contributed by atoms with Gasteiger partial charge in [-0.15, -0.1) is 0 Å². The number of hydrogen-bond donors (Lipinski definition) is 0. The molecule has 0 aromatic rings. The maximum Gasteiger partial charge on any atom is 0.100 e. The number of halogens is 1. The van der Waals surface area contributed by atoms with Crippen LogP contribution >= 0.6 is 0 Å². The summed E-state index contributed by atoms with van der Waals surface area (Å²) in [4.78, 5) is 0. The van der Waals surface area contributed by atoms with E-state index in [4.69, 9.17) is 0 Å². The molecule has 2 saturated carbocycles. The number of allylic oxidation sites excluding steroid dienone is 2. The molecule has 0 heterocycles. The Morgan fingerprint density at radius 3 is 2.50 bits per heavy atom. The van der Waals surface area contributed by atoms with Gasteiger partial charge in [0, 0.05) is 0 Å². The molecule has 0 nitrogen and oxygen atoms in total. The number of alkyl halides is 1. The molecule has 3 rings (SSSR count). The Hall–Kier alpha value is -0.330. The van der Waals surface area contributed by atoms with E-state index in [9.17, 15) is 4.39 Å². The van der Waals surface area contributed by atoms with Gasteiger partial charge in [-0.1, -0.05) is 12.2 Å². The molecule has 0 amide bonds. The SMILES string of the molecule is FC1CCC2C3C=CC(C3)C2C1. The fourth-order valence-corrected chi connectivity index (χ4v) is 3.59. The summed E-state index contributed by atoms with van der Waals surface area (Å²) in [6.07, 6.45) is 8.40. The van der Waals surface area contributed by atoms with Crippen LogP contribution in [0.5, 0.6) is 0 Å². The summed E-state index contributed by atoms with van der Waals surface area (Å²) in [6, 6.07) is 0. The molecule has 2 fully saturated rings. The third-order valence-corrected chi connectivity index (χ3v) is 4.14. The summed E-state index contributed by atoms with van der Waals surface area (Å²) in [5.41, 5.74) is 0. The smallest absolute Gasteiger partial charge is 0.100 e. The summed E-state index contributed by atoms with van der Waals surface area (Å²) < 4.78 is 13.1. The van der Waals surface area contributed by atoms with Crippen LogP contribution in [0.1, 0.15) is 25.7 Å². The standard InChI is InChI=1S/C11H15F/c12-9-3-4-10-7-1-2-8(5-7)11(10)6-9/h1-2,7-11H,3-6H2. The molecule has 0 spiro atoms. The van der Waals surface area contributed by atoms with Crippen molar-refractivity contribution in [1.29, 1.82) is 0 Å². The van der Waals surface area contributed by atoms with E-state index in [1.807, 2.05) is 0 Å². The molecular formula is C11H15F. The van der Waals surface area contributed by atoms with Crippen molar-refractivity contribution in [2.75, 3.05) is 0 Å². The van der Waals surface area contributed by atoms with Crippen LogP contribution in [-0.4, -0.2) is 6.17 Å². The summed E-state index contributed by atoms with van der Waals surface area (Å²) in [7, 11) is 0. The average molecular weight is 166 g/mol. The first kappa shape index (κ1) is 7.11. The van der Waals surface area contributed by atoms with E-state index >= 15 is 0 Å². The molecule has 0 aliphatic heterocycles. The van der Waals surface area contributed by atoms with E-state index in [1.54, 1.807) is 0 Å². The second-order valence-electron chi connectivity index (χ2n) is 4.69. The first-order valence-corrected chi connectivity index (χ1v) is 5.17. The molecule has 2 bridgehead atoms. The molecule has 12 heavy (non-hydrogen) atoms. The third kappa shape index (κ3) is 0.826. The molecule has 0 aromatic heterocycles. The second-order valence-corrected chi connectivity index (χ2v) is 4.69. The van der Waals surface area contributed by atoms with Crippen LogP contribution in [0.15, 0.2) is 12.2 Å². The molecule has 3 aliphatic rings. The van der Waals surface area contributed by atoms with Gasteiger partial charge in [0.25, 0.3) is 0 Å². The molecule has 5 unspecified atom stereocenters. The summed E-state index contributed by atoms with van der Waals surface area (Å²) in [6.45, 7) is 0. The normalized spacial score (nSPS) is 55.9. The van der Waals surface area contributed by atoms with Gasteiger partial charge in [0.2, 0.25) is 0 Å². The zero-order valence-corrected chi connectivity index (χ0v) is 7.25. The first-order valence-electron chi connectivity index (χ1n) is 5.17. The van der Waals surface area contributed by atoms with E-state index < -0.39 is 6.17 Å². The van der Waals surface area contributed by atoms with Crippen LogP contribution in [-0.2, 0) is 0 Å². The number of fused-ring (bicyclic) bond motifs is 5.